The van der Waals surface area contributed by atoms with Gasteiger partial charge in [0.05, 0.1) is 17.1 Å². The number of hydrogen-bond acceptors (Lipinski definition) is 5. The number of aromatic nitrogens is 2. The minimum absolute atomic E-state index is 0.109. The summed E-state index contributed by atoms with van der Waals surface area (Å²) in [5.41, 5.74) is 6.27. The maximum atomic E-state index is 12.5. The summed E-state index contributed by atoms with van der Waals surface area (Å²) in [7, 11) is 0. The number of fused-ring (bicyclic) bond motifs is 1. The van der Waals surface area contributed by atoms with Crippen LogP contribution in [0.5, 0.6) is 5.75 Å². The zero-order valence-corrected chi connectivity index (χ0v) is 14.1. The highest BCUT2D eigenvalue weighted by Gasteiger charge is 2.08. The lowest BCUT2D eigenvalue weighted by molar-refractivity contribution is 0.474. The van der Waals surface area contributed by atoms with Gasteiger partial charge in [-0.2, -0.15) is 5.10 Å². The minimum Gasteiger partial charge on any atom is -0.507 e. The van der Waals surface area contributed by atoms with Gasteiger partial charge in [-0.05, 0) is 43.4 Å². The Morgan fingerprint density at radius 3 is 2.76 bits per heavy atom. The quantitative estimate of drug-likeness (QED) is 0.378. The summed E-state index contributed by atoms with van der Waals surface area (Å²) in [6.45, 7) is 1.70. The Bertz CT molecular complexity index is 1030. The molecule has 0 saturated heterocycles. The number of nitrogens with one attached hydrogen (secondary N) is 2. The smallest absolute Gasteiger partial charge is 0.280 e. The molecule has 0 bridgehead atoms. The number of benzene rings is 2. The van der Waals surface area contributed by atoms with E-state index in [9.17, 15) is 9.90 Å². The molecule has 0 spiro atoms. The number of hydrazone groups is 1. The molecule has 3 N–H and O–H groups in total. The van der Waals surface area contributed by atoms with E-state index in [1.54, 1.807) is 49.4 Å². The van der Waals surface area contributed by atoms with E-state index in [0.29, 0.717) is 22.3 Å². The summed E-state index contributed by atoms with van der Waals surface area (Å²) in [5, 5.41) is 14.2. The molecule has 0 saturated carbocycles. The van der Waals surface area contributed by atoms with Crippen LogP contribution in [0.1, 0.15) is 11.4 Å². The first-order valence-corrected chi connectivity index (χ1v) is 7.83. The summed E-state index contributed by atoms with van der Waals surface area (Å²) in [4.78, 5) is 16.9. The molecule has 2 aromatic carbocycles. The maximum absolute atomic E-state index is 12.5. The predicted octanol–water partition coefficient (Wildman–Crippen LogP) is 1.86. The van der Waals surface area contributed by atoms with Gasteiger partial charge >= 0.3 is 0 Å². The van der Waals surface area contributed by atoms with Crippen LogP contribution in [-0.2, 0) is 0 Å². The highest BCUT2D eigenvalue weighted by Crippen LogP contribution is 2.12. The summed E-state index contributed by atoms with van der Waals surface area (Å²) in [5.74, 6) is 0.579. The normalized spacial score (nSPS) is 10.9. The fourth-order valence-electron chi connectivity index (χ4n) is 2.26. The second-order valence-corrected chi connectivity index (χ2v) is 5.59. The first-order valence-electron chi connectivity index (χ1n) is 7.43. The third kappa shape index (κ3) is 3.64. The molecule has 1 heterocycles. The van der Waals surface area contributed by atoms with Gasteiger partial charge in [-0.15, -0.1) is 0 Å². The molecule has 3 rings (SSSR count). The van der Waals surface area contributed by atoms with Gasteiger partial charge in [0.2, 0.25) is 5.11 Å². The lowest BCUT2D eigenvalue weighted by Gasteiger charge is -2.13. The van der Waals surface area contributed by atoms with Crippen LogP contribution in [0, 0.1) is 6.92 Å². The van der Waals surface area contributed by atoms with E-state index >= 15 is 0 Å². The summed E-state index contributed by atoms with van der Waals surface area (Å²) < 4.78 is 1.26. The predicted molar refractivity (Wildman–Crippen MR) is 102 cm³/mol. The molecular weight excluding hydrogens is 338 g/mol. The second kappa shape index (κ2) is 7.10. The number of nitrogens with zero attached hydrogens (tertiary/aromatic N) is 3. The Hall–Kier alpha value is -3.26. The van der Waals surface area contributed by atoms with Crippen LogP contribution in [0.3, 0.4) is 0 Å². The van der Waals surface area contributed by atoms with Crippen LogP contribution in [-0.4, -0.2) is 26.1 Å². The first-order chi connectivity index (χ1) is 12.1. The summed E-state index contributed by atoms with van der Waals surface area (Å²) in [6.07, 6.45) is 1.43. The fraction of sp³-hybridized carbons (Fsp3) is 0.0588. The zero-order chi connectivity index (χ0) is 17.8. The van der Waals surface area contributed by atoms with E-state index in [1.165, 1.54) is 10.9 Å². The van der Waals surface area contributed by atoms with Crippen LogP contribution >= 0.6 is 12.2 Å². The lowest BCUT2D eigenvalue weighted by Crippen LogP contribution is -2.39. The maximum Gasteiger partial charge on any atom is 0.280 e. The topological polar surface area (TPSA) is 91.5 Å². The molecule has 25 heavy (non-hydrogen) atoms. The van der Waals surface area contributed by atoms with Crippen LogP contribution in [0.25, 0.3) is 10.9 Å². The van der Waals surface area contributed by atoms with E-state index in [1.807, 2.05) is 6.07 Å². The molecule has 8 heteroatoms. The first kappa shape index (κ1) is 16.6. The largest absolute Gasteiger partial charge is 0.507 e. The van der Waals surface area contributed by atoms with Crippen LogP contribution in [0.2, 0.25) is 0 Å². The summed E-state index contributed by atoms with van der Waals surface area (Å²) in [6, 6.07) is 13.8. The van der Waals surface area contributed by atoms with Gasteiger partial charge in [-0.25, -0.2) is 9.66 Å². The number of thiocarbonyl (C=S) groups is 1. The molecule has 0 aliphatic heterocycles. The van der Waals surface area contributed by atoms with Crippen molar-refractivity contribution in [3.05, 3.63) is 70.3 Å². The molecule has 1 aromatic heterocycles. The standard InChI is InChI=1S/C17H15N5O2S/c1-11-19-14-8-4-3-7-13(14)16(24)22(11)21-17(25)20-18-10-12-6-2-5-9-15(12)23/h2-10,23H,1H3,(H2,20,21,25)/b18-10+. The van der Waals surface area contributed by atoms with Gasteiger partial charge in [0.25, 0.3) is 5.56 Å². The second-order valence-electron chi connectivity index (χ2n) is 5.19. The Labute approximate surface area is 148 Å². The van der Waals surface area contributed by atoms with Crippen molar-refractivity contribution in [2.45, 2.75) is 6.92 Å². The Balaban J connectivity index is 1.76. The van der Waals surface area contributed by atoms with Gasteiger partial charge < -0.3 is 5.11 Å². The van der Waals surface area contributed by atoms with Crippen molar-refractivity contribution in [2.24, 2.45) is 5.10 Å². The zero-order valence-electron chi connectivity index (χ0n) is 13.3. The molecule has 3 aromatic rings. The Morgan fingerprint density at radius 1 is 1.24 bits per heavy atom. The number of hydrogen-bond donors (Lipinski definition) is 3. The van der Waals surface area contributed by atoms with Gasteiger partial charge in [-0.1, -0.05) is 24.3 Å². The number of rotatable bonds is 3. The lowest BCUT2D eigenvalue weighted by atomic mass is 10.2. The van der Waals surface area contributed by atoms with Gasteiger partial charge in [0.15, 0.2) is 0 Å². The van der Waals surface area contributed by atoms with E-state index in [4.69, 9.17) is 12.2 Å². The highest BCUT2D eigenvalue weighted by molar-refractivity contribution is 7.80. The van der Waals surface area contributed by atoms with E-state index in [0.717, 1.165) is 0 Å². The van der Waals surface area contributed by atoms with E-state index in [-0.39, 0.29) is 16.4 Å². The SMILES string of the molecule is Cc1nc2ccccc2c(=O)n1NC(=S)N/N=C/c1ccccc1O. The van der Waals surface area contributed by atoms with Crippen LogP contribution < -0.4 is 16.4 Å². The average molecular weight is 353 g/mol. The number of phenolic OH excluding ortho intramolecular Hbond substituents is 1. The Morgan fingerprint density at radius 2 is 1.96 bits per heavy atom. The molecule has 0 radical (unpaired) electrons. The van der Waals surface area contributed by atoms with Crippen molar-refractivity contribution in [3.8, 4) is 5.75 Å². The van der Waals surface area contributed by atoms with Crippen LogP contribution in [0.15, 0.2) is 58.4 Å². The van der Waals surface area contributed by atoms with Crippen molar-refractivity contribution >= 4 is 34.4 Å². The number of para-hydroxylation sites is 2. The minimum atomic E-state index is -0.253. The molecule has 0 unspecified atom stereocenters. The Kier molecular flexibility index (Phi) is 4.71. The van der Waals surface area contributed by atoms with E-state index < -0.39 is 0 Å². The number of aryl methyl sites for hydroxylation is 1. The van der Waals surface area contributed by atoms with Gasteiger partial charge in [0.1, 0.15) is 11.6 Å². The van der Waals surface area contributed by atoms with Gasteiger partial charge in [-0.3, -0.25) is 15.6 Å². The molecule has 0 amide bonds. The third-order valence-corrected chi connectivity index (χ3v) is 3.65. The molecule has 7 nitrogen and oxygen atoms in total. The average Bonchev–Trinajstić information content (AvgIpc) is 2.60. The van der Waals surface area contributed by atoms with Crippen molar-refractivity contribution in [2.75, 3.05) is 5.43 Å². The molecule has 0 fully saturated rings. The van der Waals surface area contributed by atoms with Crippen molar-refractivity contribution < 1.29 is 5.11 Å². The van der Waals surface area contributed by atoms with Gasteiger partial charge in [0, 0.05) is 5.56 Å². The summed E-state index contributed by atoms with van der Waals surface area (Å²) >= 11 is 5.14. The van der Waals surface area contributed by atoms with Crippen LogP contribution in [0.4, 0.5) is 0 Å². The monoisotopic (exact) mass is 353 g/mol. The molecule has 0 atom stereocenters. The number of aromatic hydroxyl groups is 1. The molecule has 0 aliphatic carbocycles. The fourth-order valence-corrected chi connectivity index (χ4v) is 2.40. The van der Waals surface area contributed by atoms with Crippen molar-refractivity contribution in [1.82, 2.24) is 15.1 Å². The van der Waals surface area contributed by atoms with Crippen molar-refractivity contribution in [1.29, 1.82) is 0 Å². The molecule has 126 valence electrons. The van der Waals surface area contributed by atoms with Crippen molar-refractivity contribution in [3.63, 3.8) is 0 Å². The molecular formula is C17H15N5O2S. The third-order valence-electron chi connectivity index (χ3n) is 3.46. The highest BCUT2D eigenvalue weighted by atomic mass is 32.1. The van der Waals surface area contributed by atoms with E-state index in [2.05, 4.69) is 20.9 Å². The number of phenols is 1. The molecule has 0 aliphatic rings.